The summed E-state index contributed by atoms with van der Waals surface area (Å²) in [5.74, 6) is 3.11. The number of nitrogens with zero attached hydrogens (tertiary/aromatic N) is 3. The third-order valence-corrected chi connectivity index (χ3v) is 6.64. The van der Waals surface area contributed by atoms with E-state index in [1.807, 2.05) is 32.0 Å². The maximum atomic E-state index is 12.7. The van der Waals surface area contributed by atoms with E-state index < -0.39 is 0 Å². The van der Waals surface area contributed by atoms with E-state index in [1.165, 1.54) is 11.8 Å². The fraction of sp³-hybridized carbons (Fsp3) is 0.458. The molecule has 0 spiro atoms. The lowest BCUT2D eigenvalue weighted by molar-refractivity contribution is 0.200. The maximum absolute atomic E-state index is 12.7. The number of H-pyrrole nitrogens is 1. The molecule has 8 nitrogen and oxygen atoms in total. The van der Waals surface area contributed by atoms with Crippen molar-refractivity contribution in [3.8, 4) is 23.0 Å². The minimum atomic E-state index is -0.0492. The van der Waals surface area contributed by atoms with Crippen molar-refractivity contribution in [3.05, 3.63) is 51.3 Å². The number of oxazole rings is 1. The minimum absolute atomic E-state index is 0.0492. The first kappa shape index (κ1) is 23.4. The average molecular weight is 471 g/mol. The zero-order chi connectivity index (χ0) is 23.5. The molecule has 0 saturated carbocycles. The summed E-state index contributed by atoms with van der Waals surface area (Å²) < 4.78 is 16.9. The van der Waals surface area contributed by atoms with Crippen LogP contribution in [-0.4, -0.2) is 46.2 Å². The van der Waals surface area contributed by atoms with E-state index in [1.54, 1.807) is 7.11 Å². The molecule has 0 saturated heterocycles. The second-order valence-electron chi connectivity index (χ2n) is 8.22. The van der Waals surface area contributed by atoms with E-state index in [-0.39, 0.29) is 5.56 Å². The zero-order valence-electron chi connectivity index (χ0n) is 19.7. The highest BCUT2D eigenvalue weighted by Crippen LogP contribution is 2.33. The fourth-order valence-corrected chi connectivity index (χ4v) is 4.71. The van der Waals surface area contributed by atoms with Crippen LogP contribution in [0.2, 0.25) is 0 Å². The Morgan fingerprint density at radius 3 is 2.82 bits per heavy atom. The highest BCUT2D eigenvalue weighted by molar-refractivity contribution is 7.98. The Hall–Kier alpha value is -2.78. The van der Waals surface area contributed by atoms with E-state index in [4.69, 9.17) is 18.9 Å². The second-order valence-corrected chi connectivity index (χ2v) is 9.18. The molecule has 3 aromatic rings. The third-order valence-electron chi connectivity index (χ3n) is 5.76. The number of aryl methyl sites for hydroxylation is 1. The second kappa shape index (κ2) is 10.0. The summed E-state index contributed by atoms with van der Waals surface area (Å²) in [5.41, 5.74) is 3.26. The van der Waals surface area contributed by atoms with Gasteiger partial charge in [0.15, 0.2) is 16.7 Å². The molecule has 176 valence electrons. The average Bonchev–Trinajstić information content (AvgIpc) is 3.18. The molecule has 1 aliphatic heterocycles. The summed E-state index contributed by atoms with van der Waals surface area (Å²) in [6.45, 7) is 10.2. The molecule has 0 radical (unpaired) electrons. The third kappa shape index (κ3) is 5.09. The number of ether oxygens (including phenoxy) is 2. The standard InChI is InChI=1S/C24H30N4O4S/c1-6-31-20-8-7-16(11-21(20)30-5)23-25-19(15(4)32-23)13-33-24-26-18-9-10-28(14(2)3)12-17(18)22(29)27-24/h7-8,11,14H,6,9-10,12-13H2,1-5H3,(H,26,27,29). The van der Waals surface area contributed by atoms with Gasteiger partial charge in [-0.25, -0.2) is 9.97 Å². The Morgan fingerprint density at radius 2 is 2.09 bits per heavy atom. The smallest absolute Gasteiger partial charge is 0.256 e. The Bertz CT molecular complexity index is 1190. The highest BCUT2D eigenvalue weighted by Gasteiger charge is 2.23. The van der Waals surface area contributed by atoms with Gasteiger partial charge < -0.3 is 18.9 Å². The van der Waals surface area contributed by atoms with Crippen LogP contribution in [0.25, 0.3) is 11.5 Å². The normalized spacial score (nSPS) is 13.9. The summed E-state index contributed by atoms with van der Waals surface area (Å²) in [6, 6.07) is 6.02. The molecular weight excluding hydrogens is 440 g/mol. The number of methoxy groups -OCH3 is 1. The molecule has 1 aromatic carbocycles. The Labute approximate surface area is 197 Å². The van der Waals surface area contributed by atoms with Crippen LogP contribution in [0.1, 0.15) is 43.5 Å². The summed E-state index contributed by atoms with van der Waals surface area (Å²) in [5, 5.41) is 0.614. The lowest BCUT2D eigenvalue weighted by atomic mass is 10.1. The first-order valence-electron chi connectivity index (χ1n) is 11.2. The number of fused-ring (bicyclic) bond motifs is 1. The Balaban J connectivity index is 1.50. The number of aromatic nitrogens is 3. The van der Waals surface area contributed by atoms with Gasteiger partial charge >= 0.3 is 0 Å². The molecule has 0 bridgehead atoms. The molecule has 4 rings (SSSR count). The van der Waals surface area contributed by atoms with Gasteiger partial charge in [0.05, 0.1) is 30.7 Å². The van der Waals surface area contributed by atoms with Gasteiger partial charge in [-0.1, -0.05) is 11.8 Å². The van der Waals surface area contributed by atoms with Crippen LogP contribution >= 0.6 is 11.8 Å². The van der Waals surface area contributed by atoms with Crippen molar-refractivity contribution in [2.24, 2.45) is 0 Å². The van der Waals surface area contributed by atoms with Crippen LogP contribution in [-0.2, 0) is 18.7 Å². The number of thioether (sulfide) groups is 1. The molecule has 0 unspecified atom stereocenters. The molecule has 3 heterocycles. The molecule has 1 aliphatic rings. The first-order chi connectivity index (χ1) is 15.9. The molecule has 0 aliphatic carbocycles. The summed E-state index contributed by atoms with van der Waals surface area (Å²) in [4.78, 5) is 27.3. The van der Waals surface area contributed by atoms with Crippen LogP contribution in [0.4, 0.5) is 0 Å². The first-order valence-corrected chi connectivity index (χ1v) is 12.1. The van der Waals surface area contributed by atoms with Gasteiger partial charge in [-0.15, -0.1) is 0 Å². The number of nitrogens with one attached hydrogen (secondary N) is 1. The molecule has 0 fully saturated rings. The van der Waals surface area contributed by atoms with Gasteiger partial charge in [-0.3, -0.25) is 9.69 Å². The van der Waals surface area contributed by atoms with Crippen molar-refractivity contribution in [1.29, 1.82) is 0 Å². The number of hydrogen-bond acceptors (Lipinski definition) is 8. The number of hydrogen-bond donors (Lipinski definition) is 1. The van der Waals surface area contributed by atoms with Crippen molar-refractivity contribution in [2.45, 2.75) is 57.6 Å². The van der Waals surface area contributed by atoms with E-state index in [0.717, 1.165) is 41.2 Å². The summed E-state index contributed by atoms with van der Waals surface area (Å²) in [7, 11) is 1.61. The lowest BCUT2D eigenvalue weighted by Crippen LogP contribution is -2.39. The van der Waals surface area contributed by atoms with Gasteiger partial charge in [-0.2, -0.15) is 0 Å². The maximum Gasteiger partial charge on any atom is 0.256 e. The SMILES string of the molecule is CCOc1ccc(-c2nc(CSc3nc4c(c(=O)[nH]3)CN(C(C)C)CC4)c(C)o2)cc1OC. The van der Waals surface area contributed by atoms with Crippen molar-refractivity contribution in [2.75, 3.05) is 20.3 Å². The van der Waals surface area contributed by atoms with Crippen molar-refractivity contribution in [3.63, 3.8) is 0 Å². The Morgan fingerprint density at radius 1 is 1.27 bits per heavy atom. The van der Waals surface area contributed by atoms with E-state index >= 15 is 0 Å². The lowest BCUT2D eigenvalue weighted by Gasteiger charge is -2.30. The monoisotopic (exact) mass is 470 g/mol. The predicted molar refractivity (Wildman–Crippen MR) is 128 cm³/mol. The van der Waals surface area contributed by atoms with Crippen LogP contribution < -0.4 is 15.0 Å². The molecule has 9 heteroatoms. The van der Waals surface area contributed by atoms with E-state index in [2.05, 4.69) is 28.7 Å². The fourth-order valence-electron chi connectivity index (χ4n) is 3.83. The van der Waals surface area contributed by atoms with Crippen molar-refractivity contribution < 1.29 is 13.9 Å². The predicted octanol–water partition coefficient (Wildman–Crippen LogP) is 4.20. The highest BCUT2D eigenvalue weighted by atomic mass is 32.2. The molecule has 2 aromatic heterocycles. The van der Waals surface area contributed by atoms with Gasteiger partial charge in [0, 0.05) is 36.9 Å². The topological polar surface area (TPSA) is 93.5 Å². The van der Waals surface area contributed by atoms with Crippen LogP contribution in [0.3, 0.4) is 0 Å². The quantitative estimate of drug-likeness (QED) is 0.387. The number of benzene rings is 1. The van der Waals surface area contributed by atoms with Crippen LogP contribution in [0, 0.1) is 6.92 Å². The molecular formula is C24H30N4O4S. The summed E-state index contributed by atoms with van der Waals surface area (Å²) in [6.07, 6.45) is 0.789. The molecule has 1 N–H and O–H groups in total. The van der Waals surface area contributed by atoms with E-state index in [9.17, 15) is 4.79 Å². The van der Waals surface area contributed by atoms with Crippen LogP contribution in [0.15, 0.2) is 32.6 Å². The van der Waals surface area contributed by atoms with Gasteiger partial charge in [0.25, 0.3) is 5.56 Å². The minimum Gasteiger partial charge on any atom is -0.493 e. The molecule has 0 atom stereocenters. The largest absolute Gasteiger partial charge is 0.493 e. The van der Waals surface area contributed by atoms with Gasteiger partial charge in [-0.05, 0) is 45.9 Å². The van der Waals surface area contributed by atoms with Crippen molar-refractivity contribution >= 4 is 11.8 Å². The molecule has 0 amide bonds. The molecule has 33 heavy (non-hydrogen) atoms. The Kier molecular flexibility index (Phi) is 7.09. The number of aromatic amines is 1. The number of rotatable bonds is 8. The van der Waals surface area contributed by atoms with Gasteiger partial charge in [0.1, 0.15) is 5.76 Å². The van der Waals surface area contributed by atoms with Crippen LogP contribution in [0.5, 0.6) is 11.5 Å². The van der Waals surface area contributed by atoms with E-state index in [0.29, 0.717) is 47.5 Å². The van der Waals surface area contributed by atoms with Gasteiger partial charge in [0.2, 0.25) is 5.89 Å². The zero-order valence-corrected chi connectivity index (χ0v) is 20.5. The van der Waals surface area contributed by atoms with Crippen molar-refractivity contribution in [1.82, 2.24) is 19.9 Å². The summed E-state index contributed by atoms with van der Waals surface area (Å²) >= 11 is 1.46.